The first-order chi connectivity index (χ1) is 13.4. The molecule has 1 saturated carbocycles. The predicted molar refractivity (Wildman–Crippen MR) is 101 cm³/mol. The molecule has 0 radical (unpaired) electrons. The number of rotatable bonds is 4. The Morgan fingerprint density at radius 2 is 1.64 bits per heavy atom. The summed E-state index contributed by atoms with van der Waals surface area (Å²) in [6.07, 6.45) is 1.66. The number of hydrogen-bond acceptors (Lipinski definition) is 6. The van der Waals surface area contributed by atoms with Crippen molar-refractivity contribution in [2.24, 2.45) is 0 Å². The summed E-state index contributed by atoms with van der Waals surface area (Å²) >= 11 is 0. The monoisotopic (exact) mass is 380 g/mol. The molecule has 1 fully saturated rings. The highest BCUT2D eigenvalue weighted by Gasteiger charge is 2.52. The number of carbonyl (C=O) groups excluding carboxylic acids is 1. The minimum atomic E-state index is -0.450. The first-order valence-corrected chi connectivity index (χ1v) is 8.91. The van der Waals surface area contributed by atoms with Gasteiger partial charge in [0.2, 0.25) is 5.91 Å². The summed E-state index contributed by atoms with van der Waals surface area (Å²) in [5.41, 5.74) is 2.57. The third-order valence-corrected chi connectivity index (χ3v) is 5.07. The van der Waals surface area contributed by atoms with Crippen molar-refractivity contribution in [3.63, 3.8) is 0 Å². The zero-order valence-electron chi connectivity index (χ0n) is 15.3. The molecule has 1 aliphatic carbocycles. The van der Waals surface area contributed by atoms with Crippen molar-refractivity contribution in [1.29, 1.82) is 0 Å². The number of amides is 1. The number of anilines is 2. The second kappa shape index (κ2) is 5.79. The molecule has 142 valence electrons. The quantitative estimate of drug-likeness (QED) is 0.577. The average molecular weight is 380 g/mol. The van der Waals surface area contributed by atoms with Gasteiger partial charge in [0.15, 0.2) is 11.2 Å². The maximum atomic E-state index is 13.3. The van der Waals surface area contributed by atoms with Crippen LogP contribution in [-0.2, 0) is 10.2 Å². The minimum absolute atomic E-state index is 0.104. The van der Waals surface area contributed by atoms with Crippen molar-refractivity contribution < 1.29 is 18.0 Å². The zero-order chi connectivity index (χ0) is 19.5. The highest BCUT2D eigenvalue weighted by Crippen LogP contribution is 2.49. The molecule has 1 amide bonds. The second-order valence-electron chi connectivity index (χ2n) is 7.24. The third-order valence-electron chi connectivity index (χ3n) is 5.07. The standard InChI is InChI=1S/C20H17FN4O3/c1-25(2)17(26)20(7-8-20)11-3-5-15-13(9-11)22-18(27-15)24-19-23-14-10-12(21)4-6-16(14)28-19/h3-6,9-10H,7-8H2,1-2H3,(H,22,23,24). The van der Waals surface area contributed by atoms with Crippen LogP contribution in [0.1, 0.15) is 18.4 Å². The lowest BCUT2D eigenvalue weighted by Gasteiger charge is -2.19. The van der Waals surface area contributed by atoms with Gasteiger partial charge in [0.25, 0.3) is 0 Å². The van der Waals surface area contributed by atoms with Crippen LogP contribution in [0.15, 0.2) is 45.2 Å². The van der Waals surface area contributed by atoms with Crippen molar-refractivity contribution in [1.82, 2.24) is 14.9 Å². The molecule has 8 heteroatoms. The third kappa shape index (κ3) is 2.60. The van der Waals surface area contributed by atoms with E-state index in [0.717, 1.165) is 18.4 Å². The van der Waals surface area contributed by atoms with Gasteiger partial charge in [0, 0.05) is 20.2 Å². The number of likely N-dealkylation sites (N-methyl/N-ethyl adjacent to an activating group) is 1. The molecule has 2 heterocycles. The molecule has 7 nitrogen and oxygen atoms in total. The summed E-state index contributed by atoms with van der Waals surface area (Å²) in [5, 5.41) is 2.86. The van der Waals surface area contributed by atoms with Gasteiger partial charge in [-0.2, -0.15) is 9.97 Å². The van der Waals surface area contributed by atoms with Gasteiger partial charge in [-0.1, -0.05) is 6.07 Å². The molecule has 0 spiro atoms. The number of carbonyl (C=O) groups is 1. The molecule has 4 aromatic rings. The van der Waals surface area contributed by atoms with Crippen LogP contribution in [0.5, 0.6) is 0 Å². The molecule has 1 N–H and O–H groups in total. The molecule has 0 unspecified atom stereocenters. The topological polar surface area (TPSA) is 84.4 Å². The van der Waals surface area contributed by atoms with E-state index in [9.17, 15) is 9.18 Å². The van der Waals surface area contributed by atoms with Crippen LogP contribution in [0.2, 0.25) is 0 Å². The molecule has 5 rings (SSSR count). The van der Waals surface area contributed by atoms with E-state index in [1.807, 2.05) is 18.2 Å². The average Bonchev–Trinajstić information content (AvgIpc) is 3.22. The van der Waals surface area contributed by atoms with Crippen LogP contribution >= 0.6 is 0 Å². The molecule has 1 aliphatic rings. The molecule has 2 aromatic heterocycles. The molecule has 0 aliphatic heterocycles. The maximum absolute atomic E-state index is 13.3. The van der Waals surface area contributed by atoms with E-state index in [-0.39, 0.29) is 23.8 Å². The first kappa shape index (κ1) is 16.7. The van der Waals surface area contributed by atoms with Gasteiger partial charge in [-0.25, -0.2) is 4.39 Å². The molecule has 2 aromatic carbocycles. The second-order valence-corrected chi connectivity index (χ2v) is 7.24. The summed E-state index contributed by atoms with van der Waals surface area (Å²) in [5.74, 6) is -0.282. The number of aromatic nitrogens is 2. The Labute approximate surface area is 159 Å². The van der Waals surface area contributed by atoms with Gasteiger partial charge in [0.1, 0.15) is 16.9 Å². The van der Waals surface area contributed by atoms with Gasteiger partial charge in [-0.3, -0.25) is 10.1 Å². The maximum Gasteiger partial charge on any atom is 0.303 e. The van der Waals surface area contributed by atoms with Gasteiger partial charge in [0.05, 0.1) is 5.41 Å². The number of halogens is 1. The van der Waals surface area contributed by atoms with E-state index in [1.54, 1.807) is 19.0 Å². The Kier molecular flexibility index (Phi) is 3.46. The van der Waals surface area contributed by atoms with Gasteiger partial charge >= 0.3 is 12.0 Å². The van der Waals surface area contributed by atoms with Crippen LogP contribution in [0.4, 0.5) is 16.4 Å². The number of oxazole rings is 2. The van der Waals surface area contributed by atoms with Crippen LogP contribution in [-0.4, -0.2) is 34.9 Å². The summed E-state index contributed by atoms with van der Waals surface area (Å²) in [7, 11) is 3.54. The van der Waals surface area contributed by atoms with E-state index >= 15 is 0 Å². The Bertz CT molecular complexity index is 1220. The number of hydrogen-bond donors (Lipinski definition) is 1. The number of benzene rings is 2. The molecular formula is C20H17FN4O3. The fraction of sp³-hybridized carbons (Fsp3) is 0.250. The largest absolute Gasteiger partial charge is 0.423 e. The van der Waals surface area contributed by atoms with E-state index in [2.05, 4.69) is 15.3 Å². The van der Waals surface area contributed by atoms with E-state index in [1.165, 1.54) is 18.2 Å². The fourth-order valence-electron chi connectivity index (χ4n) is 3.50. The molecule has 0 atom stereocenters. The van der Waals surface area contributed by atoms with E-state index in [0.29, 0.717) is 22.2 Å². The lowest BCUT2D eigenvalue weighted by atomic mass is 9.94. The fourth-order valence-corrected chi connectivity index (χ4v) is 3.50. The SMILES string of the molecule is CN(C)C(=O)C1(c2ccc3oc(Nc4nc5cc(F)ccc5o4)nc3c2)CC1. The lowest BCUT2D eigenvalue weighted by molar-refractivity contribution is -0.131. The molecule has 0 bridgehead atoms. The zero-order valence-corrected chi connectivity index (χ0v) is 15.3. The van der Waals surface area contributed by atoms with E-state index < -0.39 is 5.41 Å². The van der Waals surface area contributed by atoms with Crippen LogP contribution < -0.4 is 5.32 Å². The van der Waals surface area contributed by atoms with Crippen molar-refractivity contribution in [2.45, 2.75) is 18.3 Å². The van der Waals surface area contributed by atoms with Crippen LogP contribution in [0.25, 0.3) is 22.2 Å². The number of fused-ring (bicyclic) bond motifs is 2. The van der Waals surface area contributed by atoms with Gasteiger partial charge in [-0.15, -0.1) is 0 Å². The van der Waals surface area contributed by atoms with Crippen LogP contribution in [0.3, 0.4) is 0 Å². The lowest BCUT2D eigenvalue weighted by Crippen LogP contribution is -2.33. The highest BCUT2D eigenvalue weighted by atomic mass is 19.1. The number of nitrogens with zero attached hydrogens (tertiary/aromatic N) is 3. The highest BCUT2D eigenvalue weighted by molar-refractivity contribution is 5.92. The summed E-state index contributed by atoms with van der Waals surface area (Å²) < 4.78 is 24.5. The molecular weight excluding hydrogens is 363 g/mol. The van der Waals surface area contributed by atoms with E-state index in [4.69, 9.17) is 8.83 Å². The van der Waals surface area contributed by atoms with Gasteiger partial charge in [-0.05, 0) is 42.7 Å². The summed E-state index contributed by atoms with van der Waals surface area (Å²) in [6.45, 7) is 0. The molecule has 28 heavy (non-hydrogen) atoms. The Morgan fingerprint density at radius 1 is 1.04 bits per heavy atom. The Morgan fingerprint density at radius 3 is 2.25 bits per heavy atom. The van der Waals surface area contributed by atoms with Gasteiger partial charge < -0.3 is 13.7 Å². The Hall–Kier alpha value is -3.42. The smallest absolute Gasteiger partial charge is 0.303 e. The Balaban J connectivity index is 1.46. The molecule has 0 saturated heterocycles. The number of nitrogens with one attached hydrogen (secondary N) is 1. The van der Waals surface area contributed by atoms with Crippen molar-refractivity contribution in [3.05, 3.63) is 47.8 Å². The first-order valence-electron chi connectivity index (χ1n) is 8.91. The van der Waals surface area contributed by atoms with Crippen molar-refractivity contribution in [3.8, 4) is 0 Å². The normalized spacial score (nSPS) is 15.1. The summed E-state index contributed by atoms with van der Waals surface area (Å²) in [4.78, 5) is 22.8. The van der Waals surface area contributed by atoms with Crippen molar-refractivity contribution in [2.75, 3.05) is 19.4 Å². The minimum Gasteiger partial charge on any atom is -0.423 e. The van der Waals surface area contributed by atoms with Crippen molar-refractivity contribution >= 4 is 40.1 Å². The summed E-state index contributed by atoms with van der Waals surface area (Å²) in [6, 6.07) is 10.1. The predicted octanol–water partition coefficient (Wildman–Crippen LogP) is 3.97. The van der Waals surface area contributed by atoms with Crippen LogP contribution in [0, 0.1) is 5.82 Å².